The van der Waals surface area contributed by atoms with E-state index >= 15 is 0 Å². The number of hydrogen-bond acceptors (Lipinski definition) is 3. The lowest BCUT2D eigenvalue weighted by Crippen LogP contribution is -2.19. The van der Waals surface area contributed by atoms with Gasteiger partial charge in [0.1, 0.15) is 0 Å². The van der Waals surface area contributed by atoms with Crippen LogP contribution in [0.5, 0.6) is 0 Å². The van der Waals surface area contributed by atoms with Crippen LogP contribution in [0.4, 0.5) is 5.69 Å². The van der Waals surface area contributed by atoms with Crippen LogP contribution in [0, 0.1) is 0 Å². The molecule has 0 atom stereocenters. The lowest BCUT2D eigenvalue weighted by Gasteiger charge is -2.26. The molecule has 1 heterocycles. The van der Waals surface area contributed by atoms with Gasteiger partial charge in [0.15, 0.2) is 9.04 Å². The lowest BCUT2D eigenvalue weighted by atomic mass is 9.85. The van der Waals surface area contributed by atoms with Crippen molar-refractivity contribution in [2.45, 2.75) is 45.9 Å². The van der Waals surface area contributed by atoms with Crippen LogP contribution in [-0.2, 0) is 16.4 Å². The van der Waals surface area contributed by atoms with Gasteiger partial charge in [0, 0.05) is 10.9 Å². The van der Waals surface area contributed by atoms with Crippen molar-refractivity contribution in [2.75, 3.05) is 5.32 Å². The van der Waals surface area contributed by atoms with E-state index in [1.165, 1.54) is 0 Å². The predicted octanol–water partition coefficient (Wildman–Crippen LogP) is 7.24. The molecule has 0 unspecified atom stereocenters. The van der Waals surface area contributed by atoms with Crippen molar-refractivity contribution in [3.05, 3.63) is 68.3 Å². The zero-order valence-corrected chi connectivity index (χ0v) is 21.6. The number of halogens is 3. The third-order valence-corrected chi connectivity index (χ3v) is 6.62. The average Bonchev–Trinajstić information content (AvgIpc) is 2.65. The number of carbonyl (C=O) groups is 1. The largest absolute Gasteiger partial charge is 0.415 e. The molecule has 0 fully saturated rings. The van der Waals surface area contributed by atoms with Gasteiger partial charge in [-0.2, -0.15) is 0 Å². The molecule has 0 saturated heterocycles. The van der Waals surface area contributed by atoms with Gasteiger partial charge in [-0.15, -0.1) is 0 Å². The lowest BCUT2D eigenvalue weighted by molar-refractivity contribution is 0.102. The number of para-hydroxylation sites is 1. The molecule has 2 aromatic carbocycles. The molecule has 3 rings (SSSR count). The molecule has 0 aliphatic heterocycles. The zero-order chi connectivity index (χ0) is 22.9. The molecule has 8 heteroatoms. The van der Waals surface area contributed by atoms with E-state index < -0.39 is 14.9 Å². The van der Waals surface area contributed by atoms with Crippen LogP contribution in [-0.4, -0.2) is 19.9 Å². The van der Waals surface area contributed by atoms with Crippen molar-refractivity contribution < 1.29 is 9.22 Å². The fraction of sp³-hybridized carbons (Fsp3) is 0.304. The van der Waals surface area contributed by atoms with E-state index in [2.05, 4.69) is 39.2 Å². The Morgan fingerprint density at radius 1 is 1.06 bits per heavy atom. The fourth-order valence-electron chi connectivity index (χ4n) is 3.41. The summed E-state index contributed by atoms with van der Waals surface area (Å²) in [6.07, 6.45) is 0. The molecule has 0 saturated carbocycles. The summed E-state index contributed by atoms with van der Waals surface area (Å²) in [5, 5.41) is 4.84. The highest BCUT2D eigenvalue weighted by molar-refractivity contribution is 6.48. The Kier molecular flexibility index (Phi) is 7.34. The van der Waals surface area contributed by atoms with Gasteiger partial charge in [-0.3, -0.25) is 4.79 Å². The molecule has 4 nitrogen and oxygen atoms in total. The smallest absolute Gasteiger partial charge is 0.258 e. The summed E-state index contributed by atoms with van der Waals surface area (Å²) in [6.45, 7) is 10.9. The maximum absolute atomic E-state index is 13.0. The number of fused-ring (bicyclic) bond motifs is 1. The normalized spacial score (nSPS) is 11.9. The molecule has 164 valence electrons. The third kappa shape index (κ3) is 5.24. The Hall–Kier alpha value is -1.63. The van der Waals surface area contributed by atoms with Gasteiger partial charge in [0.2, 0.25) is 0 Å². The Balaban J connectivity index is 2.14. The van der Waals surface area contributed by atoms with Crippen molar-refractivity contribution in [3.8, 4) is 0 Å². The van der Waals surface area contributed by atoms with Crippen molar-refractivity contribution in [2.24, 2.45) is 0 Å². The number of nitrogens with one attached hydrogen (secondary N) is 1. The zero-order valence-electron chi connectivity index (χ0n) is 18.1. The van der Waals surface area contributed by atoms with Gasteiger partial charge in [-0.25, -0.2) is 4.98 Å². The maximum atomic E-state index is 13.0. The van der Waals surface area contributed by atoms with Crippen molar-refractivity contribution in [1.29, 1.82) is 0 Å². The van der Waals surface area contributed by atoms with Crippen LogP contribution >= 0.6 is 34.8 Å². The summed E-state index contributed by atoms with van der Waals surface area (Å²) in [4.78, 5) is 17.8. The van der Waals surface area contributed by atoms with E-state index in [1.807, 2.05) is 12.1 Å². The van der Waals surface area contributed by atoms with Gasteiger partial charge >= 0.3 is 0 Å². The Labute approximate surface area is 199 Å². The van der Waals surface area contributed by atoms with Gasteiger partial charge in [-0.05, 0) is 36.7 Å². The molecule has 0 aliphatic carbocycles. The Morgan fingerprint density at radius 2 is 1.68 bits per heavy atom. The second-order valence-corrected chi connectivity index (χ2v) is 12.2. The first-order chi connectivity index (χ1) is 14.5. The molecule has 1 aromatic heterocycles. The Bertz CT molecular complexity index is 1120. The maximum Gasteiger partial charge on any atom is 0.258 e. The van der Waals surface area contributed by atoms with E-state index in [1.54, 1.807) is 24.3 Å². The van der Waals surface area contributed by atoms with Crippen molar-refractivity contribution in [1.82, 2.24) is 4.98 Å². The number of benzene rings is 2. The quantitative estimate of drug-likeness (QED) is 0.379. The first-order valence-corrected chi connectivity index (χ1v) is 13.9. The van der Waals surface area contributed by atoms with E-state index in [9.17, 15) is 4.79 Å². The van der Waals surface area contributed by atoms with Crippen LogP contribution < -0.4 is 5.32 Å². The monoisotopic (exact) mass is 494 g/mol. The third-order valence-electron chi connectivity index (χ3n) is 4.77. The minimum atomic E-state index is -1.26. The number of pyridine rings is 1. The Morgan fingerprint density at radius 3 is 2.26 bits per heavy atom. The predicted molar refractivity (Wildman–Crippen MR) is 134 cm³/mol. The van der Waals surface area contributed by atoms with E-state index in [4.69, 9.17) is 44.2 Å². The summed E-state index contributed by atoms with van der Waals surface area (Å²) in [5.74, 6) is -0.409. The fourth-order valence-corrected chi connectivity index (χ4v) is 5.01. The van der Waals surface area contributed by atoms with E-state index in [-0.39, 0.29) is 21.0 Å². The molecular weight excluding hydrogens is 471 g/mol. The number of nitrogens with zero attached hydrogens (tertiary/aromatic N) is 1. The van der Waals surface area contributed by atoms with E-state index in [0.717, 1.165) is 16.6 Å². The topological polar surface area (TPSA) is 51.2 Å². The van der Waals surface area contributed by atoms with Crippen LogP contribution in [0.15, 0.2) is 36.4 Å². The van der Waals surface area contributed by atoms with Crippen LogP contribution in [0.25, 0.3) is 10.9 Å². The molecule has 0 radical (unpaired) electrons. The first-order valence-electron chi connectivity index (χ1n) is 9.99. The van der Waals surface area contributed by atoms with Gasteiger partial charge < -0.3 is 9.74 Å². The van der Waals surface area contributed by atoms with Crippen LogP contribution in [0.3, 0.4) is 0 Å². The molecule has 3 aromatic rings. The summed E-state index contributed by atoms with van der Waals surface area (Å²) in [5.41, 5.74) is 2.86. The van der Waals surface area contributed by atoms with Gasteiger partial charge in [-0.1, -0.05) is 73.8 Å². The van der Waals surface area contributed by atoms with Crippen molar-refractivity contribution in [3.63, 3.8) is 0 Å². The van der Waals surface area contributed by atoms with E-state index in [0.29, 0.717) is 22.8 Å². The van der Waals surface area contributed by atoms with Crippen LogP contribution in [0.1, 0.15) is 42.4 Å². The number of anilines is 1. The molecule has 0 aliphatic rings. The molecule has 1 amide bonds. The minimum Gasteiger partial charge on any atom is -0.415 e. The van der Waals surface area contributed by atoms with Crippen molar-refractivity contribution >= 4 is 66.3 Å². The second-order valence-electron chi connectivity index (χ2n) is 8.61. The highest BCUT2D eigenvalue weighted by Gasteiger charge is 2.26. The number of rotatable bonds is 5. The van der Waals surface area contributed by atoms with Gasteiger partial charge in [0.05, 0.1) is 44.1 Å². The number of hydrogen-bond donors (Lipinski definition) is 1. The second kappa shape index (κ2) is 9.47. The highest BCUT2D eigenvalue weighted by atomic mass is 35.5. The molecule has 31 heavy (non-hydrogen) atoms. The molecule has 0 bridgehead atoms. The first kappa shape index (κ1) is 24.0. The standard InChI is InChI=1S/C23H25Cl3N2O2Si/c1-23(2,3)19-17(12-30-31(4)5)27-21-13(20(19)26)8-6-11-16(21)28-22(29)18-14(24)9-7-10-15(18)25/h6-11,31H,12H2,1-5H3,(H,28,29). The average molecular weight is 496 g/mol. The number of carbonyl (C=O) groups excluding carboxylic acids is 1. The summed E-state index contributed by atoms with van der Waals surface area (Å²) in [6, 6.07) is 10.5. The molecular formula is C23H25Cl3N2O2Si. The van der Waals surface area contributed by atoms with Gasteiger partial charge in [0.25, 0.3) is 5.91 Å². The summed E-state index contributed by atoms with van der Waals surface area (Å²) >= 11 is 19.3. The highest BCUT2D eigenvalue weighted by Crippen LogP contribution is 2.39. The van der Waals surface area contributed by atoms with Crippen LogP contribution in [0.2, 0.25) is 28.2 Å². The SMILES string of the molecule is C[SiH](C)OCc1nc2c(NC(=O)c3c(Cl)cccc3Cl)cccc2c(Cl)c1C(C)(C)C. The summed E-state index contributed by atoms with van der Waals surface area (Å²) < 4.78 is 5.98. The molecule has 0 spiro atoms. The summed E-state index contributed by atoms with van der Waals surface area (Å²) in [7, 11) is -1.26. The number of aromatic nitrogens is 1. The minimum absolute atomic E-state index is 0.217. The molecule has 1 N–H and O–H groups in total. The number of amides is 1.